The Morgan fingerprint density at radius 1 is 1.64 bits per heavy atom. The second-order valence-electron chi connectivity index (χ2n) is 2.44. The molecule has 0 aromatic carbocycles. The molecule has 0 amide bonds. The number of carboxylic acids is 1. The summed E-state index contributed by atoms with van der Waals surface area (Å²) in [5, 5.41) is 9.35. The van der Waals surface area contributed by atoms with Crippen LogP contribution in [0.15, 0.2) is 12.2 Å². The van der Waals surface area contributed by atoms with E-state index in [9.17, 15) is 4.79 Å². The normalized spacial score (nSPS) is 13.6. The summed E-state index contributed by atoms with van der Waals surface area (Å²) in [4.78, 5) is 10.3. The molecule has 0 aliphatic rings. The molecular weight excluding hydrogens is 208 g/mol. The lowest BCUT2D eigenvalue weighted by Gasteiger charge is -2.01. The summed E-state index contributed by atoms with van der Waals surface area (Å²) in [5.41, 5.74) is 0. The van der Waals surface area contributed by atoms with Gasteiger partial charge >= 0.3 is 5.97 Å². The number of halogens is 1. The predicted molar refractivity (Wildman–Crippen MR) is 49.0 cm³/mol. The summed E-state index contributed by atoms with van der Waals surface area (Å²) in [6.07, 6.45) is 5.54. The molecule has 64 valence electrons. The van der Waals surface area contributed by atoms with Gasteiger partial charge in [0.05, 0.1) is 5.92 Å². The van der Waals surface area contributed by atoms with Gasteiger partial charge in [0.2, 0.25) is 0 Å². The third-order valence-corrected chi connectivity index (χ3v) is 1.82. The molecular formula is C8H13BrO2. The highest BCUT2D eigenvalue weighted by molar-refractivity contribution is 9.09. The van der Waals surface area contributed by atoms with Gasteiger partial charge in [-0.3, -0.25) is 4.79 Å². The predicted octanol–water partition coefficient (Wildman–Crippen LogP) is 2.44. The van der Waals surface area contributed by atoms with Crippen molar-refractivity contribution in [1.82, 2.24) is 0 Å². The third-order valence-electron chi connectivity index (χ3n) is 1.44. The maximum absolute atomic E-state index is 10.3. The number of carboxylic acid groups (broad SMARTS) is 1. The van der Waals surface area contributed by atoms with E-state index in [-0.39, 0.29) is 5.92 Å². The number of carbonyl (C=O) groups is 1. The van der Waals surface area contributed by atoms with Gasteiger partial charge in [-0.2, -0.15) is 0 Å². The molecule has 1 atom stereocenters. The molecule has 0 radical (unpaired) electrons. The zero-order valence-corrected chi connectivity index (χ0v) is 8.17. The molecule has 11 heavy (non-hydrogen) atoms. The lowest BCUT2D eigenvalue weighted by atomic mass is 10.1. The molecule has 0 saturated heterocycles. The van der Waals surface area contributed by atoms with Crippen molar-refractivity contribution < 1.29 is 9.90 Å². The molecule has 2 nitrogen and oxygen atoms in total. The minimum absolute atomic E-state index is 0.227. The van der Waals surface area contributed by atoms with E-state index in [0.29, 0.717) is 0 Å². The summed E-state index contributed by atoms with van der Waals surface area (Å²) >= 11 is 3.24. The van der Waals surface area contributed by atoms with Crippen LogP contribution in [0.5, 0.6) is 0 Å². The first-order valence-corrected chi connectivity index (χ1v) is 4.74. The maximum Gasteiger partial charge on any atom is 0.306 e. The highest BCUT2D eigenvalue weighted by Gasteiger charge is 2.07. The topological polar surface area (TPSA) is 37.3 Å². The summed E-state index contributed by atoms with van der Waals surface area (Å²) in [5.74, 6) is -0.938. The number of alkyl halides is 1. The number of rotatable bonds is 5. The average molecular weight is 221 g/mol. The van der Waals surface area contributed by atoms with Crippen LogP contribution in [0.2, 0.25) is 0 Å². The Morgan fingerprint density at radius 2 is 2.27 bits per heavy atom. The largest absolute Gasteiger partial charge is 0.481 e. The molecule has 0 saturated carbocycles. The van der Waals surface area contributed by atoms with Gasteiger partial charge in [0.15, 0.2) is 0 Å². The van der Waals surface area contributed by atoms with Crippen molar-refractivity contribution in [2.24, 2.45) is 5.92 Å². The van der Waals surface area contributed by atoms with Crippen molar-refractivity contribution >= 4 is 21.9 Å². The fourth-order valence-corrected chi connectivity index (χ4v) is 0.915. The zero-order chi connectivity index (χ0) is 8.69. The molecule has 0 aliphatic heterocycles. The second kappa shape index (κ2) is 6.40. The molecule has 0 fully saturated rings. The van der Waals surface area contributed by atoms with E-state index in [1.807, 2.05) is 12.2 Å². The maximum atomic E-state index is 10.3. The van der Waals surface area contributed by atoms with Gasteiger partial charge in [0.25, 0.3) is 0 Å². The Bertz CT molecular complexity index is 143. The van der Waals surface area contributed by atoms with E-state index >= 15 is 0 Å². The van der Waals surface area contributed by atoms with E-state index in [2.05, 4.69) is 15.9 Å². The Labute approximate surface area is 75.4 Å². The summed E-state index contributed by atoms with van der Waals surface area (Å²) < 4.78 is 0. The molecule has 0 spiro atoms. The van der Waals surface area contributed by atoms with E-state index in [4.69, 9.17) is 5.11 Å². The number of aliphatic carboxylic acids is 1. The minimum Gasteiger partial charge on any atom is -0.481 e. The van der Waals surface area contributed by atoms with E-state index in [1.54, 1.807) is 6.92 Å². The molecule has 0 rings (SSSR count). The third kappa shape index (κ3) is 6.10. The van der Waals surface area contributed by atoms with Crippen molar-refractivity contribution in [2.75, 3.05) is 5.33 Å². The molecule has 1 N–H and O–H groups in total. The van der Waals surface area contributed by atoms with E-state index in [0.717, 1.165) is 18.2 Å². The van der Waals surface area contributed by atoms with Crippen molar-refractivity contribution in [2.45, 2.75) is 19.8 Å². The Kier molecular flexibility index (Phi) is 6.22. The lowest BCUT2D eigenvalue weighted by Crippen LogP contribution is -2.08. The Balaban J connectivity index is 3.38. The highest BCUT2D eigenvalue weighted by Crippen LogP contribution is 2.05. The van der Waals surface area contributed by atoms with Gasteiger partial charge in [-0.1, -0.05) is 35.0 Å². The summed E-state index contributed by atoms with van der Waals surface area (Å²) in [6.45, 7) is 1.73. The minimum atomic E-state index is -0.711. The lowest BCUT2D eigenvalue weighted by molar-refractivity contribution is -0.141. The van der Waals surface area contributed by atoms with Crippen LogP contribution in [0.1, 0.15) is 19.8 Å². The Hall–Kier alpha value is -0.310. The fraction of sp³-hybridized carbons (Fsp3) is 0.625. The van der Waals surface area contributed by atoms with Gasteiger partial charge < -0.3 is 5.11 Å². The first-order valence-electron chi connectivity index (χ1n) is 3.62. The first kappa shape index (κ1) is 10.7. The smallest absolute Gasteiger partial charge is 0.306 e. The number of allylic oxidation sites excluding steroid dienone is 2. The molecule has 0 aliphatic carbocycles. The van der Waals surface area contributed by atoms with Gasteiger partial charge in [0.1, 0.15) is 0 Å². The van der Waals surface area contributed by atoms with Gasteiger partial charge in [-0.25, -0.2) is 0 Å². The van der Waals surface area contributed by atoms with Gasteiger partial charge in [0, 0.05) is 5.33 Å². The van der Waals surface area contributed by atoms with Gasteiger partial charge in [-0.05, 0) is 12.8 Å². The average Bonchev–Trinajstić information content (AvgIpc) is 1.97. The van der Waals surface area contributed by atoms with Gasteiger partial charge in [-0.15, -0.1) is 0 Å². The molecule has 3 heteroatoms. The highest BCUT2D eigenvalue weighted by atomic mass is 79.9. The van der Waals surface area contributed by atoms with Crippen molar-refractivity contribution in [3.63, 3.8) is 0 Å². The molecule has 0 aromatic heterocycles. The van der Waals surface area contributed by atoms with Crippen LogP contribution in [0, 0.1) is 5.92 Å². The number of hydrogen-bond donors (Lipinski definition) is 1. The van der Waals surface area contributed by atoms with Crippen molar-refractivity contribution in [1.29, 1.82) is 0 Å². The van der Waals surface area contributed by atoms with Crippen molar-refractivity contribution in [3.8, 4) is 0 Å². The molecule has 0 heterocycles. The van der Waals surface area contributed by atoms with Crippen LogP contribution in [0.25, 0.3) is 0 Å². The zero-order valence-electron chi connectivity index (χ0n) is 6.59. The SMILES string of the molecule is CC(CC/C=C/CBr)C(=O)O. The first-order chi connectivity index (χ1) is 5.18. The van der Waals surface area contributed by atoms with E-state index < -0.39 is 5.97 Å². The number of hydrogen-bond acceptors (Lipinski definition) is 1. The summed E-state index contributed by atoms with van der Waals surface area (Å²) in [6, 6.07) is 0. The van der Waals surface area contributed by atoms with Crippen LogP contribution in [0.3, 0.4) is 0 Å². The molecule has 1 unspecified atom stereocenters. The summed E-state index contributed by atoms with van der Waals surface area (Å²) in [7, 11) is 0. The monoisotopic (exact) mass is 220 g/mol. The van der Waals surface area contributed by atoms with Crippen LogP contribution in [0.4, 0.5) is 0 Å². The Morgan fingerprint density at radius 3 is 2.73 bits per heavy atom. The van der Waals surface area contributed by atoms with Crippen LogP contribution in [-0.2, 0) is 4.79 Å². The fourth-order valence-electron chi connectivity index (χ4n) is 0.651. The quantitative estimate of drug-likeness (QED) is 0.571. The van der Waals surface area contributed by atoms with Crippen molar-refractivity contribution in [3.05, 3.63) is 12.2 Å². The standard InChI is InChI=1S/C8H13BrO2/c1-7(8(10)11)5-3-2-4-6-9/h2,4,7H,3,5-6H2,1H3,(H,10,11)/b4-2+. The van der Waals surface area contributed by atoms with E-state index in [1.165, 1.54) is 0 Å². The second-order valence-corrected chi connectivity index (χ2v) is 3.09. The molecule has 0 bridgehead atoms. The van der Waals surface area contributed by atoms with Crippen LogP contribution in [-0.4, -0.2) is 16.4 Å². The van der Waals surface area contributed by atoms with Crippen LogP contribution < -0.4 is 0 Å². The van der Waals surface area contributed by atoms with Crippen LogP contribution >= 0.6 is 15.9 Å². The molecule has 0 aromatic rings.